The summed E-state index contributed by atoms with van der Waals surface area (Å²) in [5.41, 5.74) is 1.44. The second-order valence-electron chi connectivity index (χ2n) is 3.93. The van der Waals surface area contributed by atoms with Gasteiger partial charge in [0.1, 0.15) is 10.7 Å². The van der Waals surface area contributed by atoms with Gasteiger partial charge in [0, 0.05) is 11.8 Å². The van der Waals surface area contributed by atoms with E-state index in [0.29, 0.717) is 11.5 Å². The van der Waals surface area contributed by atoms with Gasteiger partial charge in [-0.1, -0.05) is 12.1 Å². The van der Waals surface area contributed by atoms with Crippen LogP contribution in [0.5, 0.6) is 11.5 Å². The molecule has 1 aromatic carbocycles. The van der Waals surface area contributed by atoms with Gasteiger partial charge in [-0.05, 0) is 39.7 Å². The molecule has 1 atom stereocenters. The Morgan fingerprint density at radius 1 is 1.05 bits per heavy atom. The van der Waals surface area contributed by atoms with Crippen LogP contribution in [0, 0.1) is 0 Å². The first kappa shape index (κ1) is 13.8. The van der Waals surface area contributed by atoms with Gasteiger partial charge in [-0.25, -0.2) is 4.98 Å². The fourth-order valence-electron chi connectivity index (χ4n) is 1.76. The van der Waals surface area contributed by atoms with Gasteiger partial charge in [0.2, 0.25) is 0 Å². The Hall–Kier alpha value is -1.59. The lowest BCUT2D eigenvalue weighted by molar-refractivity contribution is 0.219. The highest BCUT2D eigenvalue weighted by Crippen LogP contribution is 2.32. The average molecular weight is 324 g/mol. The topological polar surface area (TPSA) is 51.6 Å². The predicted molar refractivity (Wildman–Crippen MR) is 75.5 cm³/mol. The fraction of sp³-hybridized carbons (Fsp3) is 0.214. The predicted octanol–water partition coefficient (Wildman–Crippen LogP) is 2.94. The van der Waals surface area contributed by atoms with Crippen molar-refractivity contribution >= 4 is 15.9 Å². The van der Waals surface area contributed by atoms with Crippen molar-refractivity contribution in [1.82, 2.24) is 4.98 Å². The molecule has 2 rings (SSSR count). The number of nitrogens with zero attached hydrogens (tertiary/aromatic N) is 1. The summed E-state index contributed by atoms with van der Waals surface area (Å²) in [4.78, 5) is 4.10. The van der Waals surface area contributed by atoms with Gasteiger partial charge in [-0.3, -0.25) is 0 Å². The molecule has 4 nitrogen and oxygen atoms in total. The van der Waals surface area contributed by atoms with Crippen LogP contribution in [0.2, 0.25) is 0 Å². The van der Waals surface area contributed by atoms with E-state index >= 15 is 0 Å². The van der Waals surface area contributed by atoms with Crippen LogP contribution in [0.3, 0.4) is 0 Å². The second-order valence-corrected chi connectivity index (χ2v) is 4.74. The van der Waals surface area contributed by atoms with E-state index in [4.69, 9.17) is 9.47 Å². The van der Waals surface area contributed by atoms with E-state index in [0.717, 1.165) is 15.7 Å². The number of rotatable bonds is 4. The lowest BCUT2D eigenvalue weighted by atomic mass is 10.0. The number of hydrogen-bond donors (Lipinski definition) is 1. The van der Waals surface area contributed by atoms with E-state index in [9.17, 15) is 5.11 Å². The van der Waals surface area contributed by atoms with Crippen LogP contribution in [0.15, 0.2) is 41.1 Å². The molecule has 1 heterocycles. The molecular formula is C14H14BrNO3. The average Bonchev–Trinajstić information content (AvgIpc) is 2.46. The summed E-state index contributed by atoms with van der Waals surface area (Å²) in [5.74, 6) is 1.22. The normalized spacial score (nSPS) is 12.0. The van der Waals surface area contributed by atoms with Crippen molar-refractivity contribution in [3.8, 4) is 11.5 Å². The number of aliphatic hydroxyl groups excluding tert-OH is 1. The molecule has 0 spiro atoms. The highest BCUT2D eigenvalue weighted by Gasteiger charge is 2.13. The largest absolute Gasteiger partial charge is 0.493 e. The molecule has 1 aromatic heterocycles. The molecule has 1 unspecified atom stereocenters. The Bertz CT molecular complexity index is 557. The Labute approximate surface area is 120 Å². The number of ether oxygens (including phenoxy) is 2. The van der Waals surface area contributed by atoms with E-state index in [2.05, 4.69) is 20.9 Å². The maximum Gasteiger partial charge on any atom is 0.161 e. The van der Waals surface area contributed by atoms with Crippen LogP contribution in [0.1, 0.15) is 17.2 Å². The molecule has 0 aliphatic carbocycles. The van der Waals surface area contributed by atoms with E-state index in [-0.39, 0.29) is 0 Å². The van der Waals surface area contributed by atoms with Gasteiger partial charge in [-0.15, -0.1) is 0 Å². The van der Waals surface area contributed by atoms with Crippen LogP contribution in [-0.2, 0) is 0 Å². The molecule has 5 heteroatoms. The zero-order valence-corrected chi connectivity index (χ0v) is 12.2. The van der Waals surface area contributed by atoms with Crippen LogP contribution < -0.4 is 9.47 Å². The van der Waals surface area contributed by atoms with Crippen molar-refractivity contribution in [3.05, 3.63) is 52.3 Å². The Morgan fingerprint density at radius 2 is 1.74 bits per heavy atom. The Morgan fingerprint density at radius 3 is 2.32 bits per heavy atom. The highest BCUT2D eigenvalue weighted by atomic mass is 79.9. The highest BCUT2D eigenvalue weighted by molar-refractivity contribution is 9.10. The number of hydrogen-bond acceptors (Lipinski definition) is 4. The standard InChI is InChI=1S/C14H14BrNO3/c1-18-11-5-3-9(7-12(11)19-2)14(17)10-4-6-13(15)16-8-10/h3-8,14,17H,1-2H3. The minimum atomic E-state index is -0.750. The summed E-state index contributed by atoms with van der Waals surface area (Å²) in [6, 6.07) is 8.93. The smallest absolute Gasteiger partial charge is 0.161 e. The minimum absolute atomic E-state index is 0.587. The van der Waals surface area contributed by atoms with Crippen LogP contribution >= 0.6 is 15.9 Å². The van der Waals surface area contributed by atoms with Crippen molar-refractivity contribution < 1.29 is 14.6 Å². The zero-order valence-electron chi connectivity index (χ0n) is 10.6. The monoisotopic (exact) mass is 323 g/mol. The molecule has 0 aliphatic heterocycles. The third-order valence-corrected chi connectivity index (χ3v) is 3.26. The van der Waals surface area contributed by atoms with Gasteiger partial charge < -0.3 is 14.6 Å². The molecule has 2 aromatic rings. The molecule has 0 saturated carbocycles. The van der Waals surface area contributed by atoms with Crippen LogP contribution in [0.4, 0.5) is 0 Å². The summed E-state index contributed by atoms with van der Waals surface area (Å²) in [6.07, 6.45) is 0.881. The van der Waals surface area contributed by atoms with Gasteiger partial charge in [-0.2, -0.15) is 0 Å². The van der Waals surface area contributed by atoms with Crippen molar-refractivity contribution in [2.75, 3.05) is 14.2 Å². The summed E-state index contributed by atoms with van der Waals surface area (Å²) in [5, 5.41) is 10.3. The third-order valence-electron chi connectivity index (χ3n) is 2.79. The Balaban J connectivity index is 2.33. The van der Waals surface area contributed by atoms with E-state index in [1.165, 1.54) is 0 Å². The molecule has 0 saturated heterocycles. The first-order valence-corrected chi connectivity index (χ1v) is 6.46. The summed E-state index contributed by atoms with van der Waals surface area (Å²) in [6.45, 7) is 0. The minimum Gasteiger partial charge on any atom is -0.493 e. The van der Waals surface area contributed by atoms with Gasteiger partial charge in [0.15, 0.2) is 11.5 Å². The van der Waals surface area contributed by atoms with Crippen molar-refractivity contribution in [2.24, 2.45) is 0 Å². The van der Waals surface area contributed by atoms with Crippen LogP contribution in [-0.4, -0.2) is 24.3 Å². The summed E-state index contributed by atoms with van der Waals surface area (Å²) in [7, 11) is 3.14. The number of aliphatic hydroxyl groups is 1. The molecule has 0 fully saturated rings. The van der Waals surface area contributed by atoms with E-state index < -0.39 is 6.10 Å². The number of benzene rings is 1. The number of pyridine rings is 1. The third kappa shape index (κ3) is 3.05. The molecule has 0 bridgehead atoms. The number of methoxy groups -OCH3 is 2. The van der Waals surface area contributed by atoms with E-state index in [1.54, 1.807) is 44.7 Å². The molecule has 100 valence electrons. The first-order chi connectivity index (χ1) is 9.15. The molecule has 19 heavy (non-hydrogen) atoms. The maximum absolute atomic E-state index is 10.3. The van der Waals surface area contributed by atoms with E-state index in [1.807, 2.05) is 6.07 Å². The molecule has 0 radical (unpaired) electrons. The maximum atomic E-state index is 10.3. The van der Waals surface area contributed by atoms with Crippen molar-refractivity contribution in [2.45, 2.75) is 6.10 Å². The molecule has 1 N–H and O–H groups in total. The van der Waals surface area contributed by atoms with Gasteiger partial charge in [0.25, 0.3) is 0 Å². The fourth-order valence-corrected chi connectivity index (χ4v) is 2.00. The molecule has 0 amide bonds. The lowest BCUT2D eigenvalue weighted by Gasteiger charge is -2.14. The first-order valence-electron chi connectivity index (χ1n) is 5.67. The van der Waals surface area contributed by atoms with Crippen LogP contribution in [0.25, 0.3) is 0 Å². The summed E-state index contributed by atoms with van der Waals surface area (Å²) >= 11 is 3.26. The number of aromatic nitrogens is 1. The van der Waals surface area contributed by atoms with Gasteiger partial charge in [0.05, 0.1) is 14.2 Å². The van der Waals surface area contributed by atoms with Crippen molar-refractivity contribution in [3.63, 3.8) is 0 Å². The van der Waals surface area contributed by atoms with Crippen molar-refractivity contribution in [1.29, 1.82) is 0 Å². The lowest BCUT2D eigenvalue weighted by Crippen LogP contribution is -2.01. The quantitative estimate of drug-likeness (QED) is 0.879. The zero-order chi connectivity index (χ0) is 13.8. The second kappa shape index (κ2) is 6.04. The molecular weight excluding hydrogens is 310 g/mol. The van der Waals surface area contributed by atoms with Gasteiger partial charge >= 0.3 is 0 Å². The SMILES string of the molecule is COc1ccc(C(O)c2ccc(Br)nc2)cc1OC. The molecule has 0 aliphatic rings. The summed E-state index contributed by atoms with van der Waals surface area (Å²) < 4.78 is 11.1. The number of halogens is 1. The Kier molecular flexibility index (Phi) is 4.39.